The zero-order valence-corrected chi connectivity index (χ0v) is 20.7. The van der Waals surface area contributed by atoms with E-state index >= 15 is 0 Å². The van der Waals surface area contributed by atoms with Crippen molar-refractivity contribution in [2.24, 2.45) is 5.73 Å². The monoisotopic (exact) mass is 483 g/mol. The summed E-state index contributed by atoms with van der Waals surface area (Å²) in [6, 6.07) is 12.8. The first-order valence-corrected chi connectivity index (χ1v) is 12.0. The van der Waals surface area contributed by atoms with Crippen molar-refractivity contribution >= 4 is 22.6 Å². The Morgan fingerprint density at radius 3 is 2.75 bits per heavy atom. The number of rotatable bonds is 5. The van der Waals surface area contributed by atoms with Crippen molar-refractivity contribution in [3.8, 4) is 28.3 Å². The summed E-state index contributed by atoms with van der Waals surface area (Å²) < 4.78 is 19.6. The van der Waals surface area contributed by atoms with Crippen LogP contribution >= 0.6 is 0 Å². The molecule has 6 nitrogen and oxygen atoms in total. The summed E-state index contributed by atoms with van der Waals surface area (Å²) in [6.07, 6.45) is 6.89. The van der Waals surface area contributed by atoms with Gasteiger partial charge < -0.3 is 20.8 Å². The van der Waals surface area contributed by atoms with Gasteiger partial charge in [-0.1, -0.05) is 23.8 Å². The van der Waals surface area contributed by atoms with Crippen LogP contribution in [0.2, 0.25) is 0 Å². The van der Waals surface area contributed by atoms with Crippen LogP contribution in [0.25, 0.3) is 45.1 Å². The van der Waals surface area contributed by atoms with Crippen LogP contribution in [0.15, 0.2) is 65.9 Å². The first-order valence-electron chi connectivity index (χ1n) is 12.0. The van der Waals surface area contributed by atoms with Crippen LogP contribution in [0.3, 0.4) is 0 Å². The van der Waals surface area contributed by atoms with Crippen LogP contribution in [0.4, 0.5) is 4.39 Å². The third kappa shape index (κ3) is 4.45. The summed E-state index contributed by atoms with van der Waals surface area (Å²) in [7, 11) is 1.54. The van der Waals surface area contributed by atoms with Gasteiger partial charge in [-0.3, -0.25) is 5.10 Å². The predicted molar refractivity (Wildman–Crippen MR) is 144 cm³/mol. The van der Waals surface area contributed by atoms with E-state index in [9.17, 15) is 4.39 Å². The van der Waals surface area contributed by atoms with Gasteiger partial charge in [-0.05, 0) is 79.4 Å². The summed E-state index contributed by atoms with van der Waals surface area (Å²) in [5.74, 6) is 0.141. The zero-order valence-electron chi connectivity index (χ0n) is 20.7. The molecule has 3 heterocycles. The number of benzene rings is 2. The topological polar surface area (TPSA) is 91.8 Å². The molecule has 184 valence electrons. The Morgan fingerprint density at radius 2 is 2.03 bits per heavy atom. The van der Waals surface area contributed by atoms with Crippen molar-refractivity contribution < 1.29 is 9.13 Å². The molecule has 0 saturated carbocycles. The number of aromatic amines is 2. The number of aromatic nitrogens is 3. The van der Waals surface area contributed by atoms with E-state index in [0.717, 1.165) is 74.6 Å². The highest BCUT2D eigenvalue weighted by molar-refractivity contribution is 5.98. The maximum absolute atomic E-state index is 14.3. The van der Waals surface area contributed by atoms with Crippen LogP contribution in [-0.4, -0.2) is 35.4 Å². The van der Waals surface area contributed by atoms with Crippen molar-refractivity contribution in [1.82, 2.24) is 20.5 Å². The molecule has 0 bridgehead atoms. The van der Waals surface area contributed by atoms with Gasteiger partial charge in [-0.15, -0.1) is 0 Å². The largest absolute Gasteiger partial charge is 0.497 e. The second kappa shape index (κ2) is 9.87. The normalized spacial score (nSPS) is 14.8. The second-order valence-corrected chi connectivity index (χ2v) is 9.14. The van der Waals surface area contributed by atoms with Gasteiger partial charge in [-0.25, -0.2) is 4.39 Å². The quantitative estimate of drug-likeness (QED) is 0.344. The van der Waals surface area contributed by atoms with Gasteiger partial charge >= 0.3 is 0 Å². The van der Waals surface area contributed by atoms with Crippen LogP contribution in [0.1, 0.15) is 20.3 Å². The Hall–Kier alpha value is -4.10. The average Bonchev–Trinajstić information content (AvgIpc) is 3.51. The van der Waals surface area contributed by atoms with Crippen LogP contribution < -0.4 is 26.4 Å². The standard InChI is InChI=1S/C29H30FN5O/c1-17(2)28-25(13-20(16-31)18-7-9-32-10-8-18)29(35-34-28)27-15-24-23(5-4-6-26(24)33-27)19-11-21(30)14-22(12-19)36-3/h4-7,11-16,32-34H,8-10,31H2,1-3H3/b20-16+,25-13+. The van der Waals surface area contributed by atoms with Crippen LogP contribution in [0.5, 0.6) is 5.75 Å². The molecule has 0 radical (unpaired) electrons. The summed E-state index contributed by atoms with van der Waals surface area (Å²) >= 11 is 0. The lowest BCUT2D eigenvalue weighted by molar-refractivity contribution is 0.411. The Bertz CT molecular complexity index is 1620. The van der Waals surface area contributed by atoms with Gasteiger partial charge in [0.2, 0.25) is 0 Å². The molecular formula is C29H30FN5O. The Kier molecular flexibility index (Phi) is 6.48. The van der Waals surface area contributed by atoms with E-state index in [2.05, 4.69) is 47.5 Å². The number of H-pyrrole nitrogens is 2. The van der Waals surface area contributed by atoms with Crippen molar-refractivity contribution in [2.75, 3.05) is 20.2 Å². The highest BCUT2D eigenvalue weighted by Gasteiger charge is 2.15. The lowest BCUT2D eigenvalue weighted by atomic mass is 9.99. The fourth-order valence-electron chi connectivity index (χ4n) is 4.74. The molecule has 2 aromatic carbocycles. The number of fused-ring (bicyclic) bond motifs is 1. The van der Waals surface area contributed by atoms with Gasteiger partial charge in [0.05, 0.1) is 18.2 Å². The predicted octanol–water partition coefficient (Wildman–Crippen LogP) is 4.11. The van der Waals surface area contributed by atoms with Crippen LogP contribution in [-0.2, 0) is 0 Å². The van der Waals surface area contributed by atoms with Gasteiger partial charge in [0.1, 0.15) is 17.3 Å². The van der Waals surface area contributed by atoms with Gasteiger partial charge in [0.25, 0.3) is 0 Å². The summed E-state index contributed by atoms with van der Waals surface area (Å²) in [5, 5.41) is 14.2. The molecule has 0 atom stereocenters. The average molecular weight is 484 g/mol. The lowest BCUT2D eigenvalue weighted by Gasteiger charge is -2.14. The number of methoxy groups -OCH3 is 1. The van der Waals surface area contributed by atoms with E-state index in [1.807, 2.05) is 24.3 Å². The highest BCUT2D eigenvalue weighted by atomic mass is 19.1. The molecule has 1 aliphatic heterocycles. The minimum absolute atomic E-state index is 0.340. The molecule has 0 saturated heterocycles. The van der Waals surface area contributed by atoms with Gasteiger partial charge in [-0.2, -0.15) is 5.10 Å². The Morgan fingerprint density at radius 1 is 1.17 bits per heavy atom. The van der Waals surface area contributed by atoms with Crippen LogP contribution in [0, 0.1) is 5.82 Å². The minimum Gasteiger partial charge on any atom is -0.497 e. The molecule has 5 rings (SSSR count). The fourth-order valence-corrected chi connectivity index (χ4v) is 4.74. The molecule has 0 amide bonds. The second-order valence-electron chi connectivity index (χ2n) is 9.14. The Balaban J connectivity index is 1.69. The number of halogens is 1. The van der Waals surface area contributed by atoms with E-state index in [4.69, 9.17) is 15.6 Å². The molecule has 7 heteroatoms. The maximum Gasteiger partial charge on any atom is 0.127 e. The first-order chi connectivity index (χ1) is 17.5. The third-order valence-corrected chi connectivity index (χ3v) is 6.56. The first kappa shape index (κ1) is 23.6. The molecule has 4 aromatic rings. The maximum atomic E-state index is 14.3. The minimum atomic E-state index is -0.340. The molecular weight excluding hydrogens is 453 g/mol. The summed E-state index contributed by atoms with van der Waals surface area (Å²) in [6.45, 7) is 5.88. The van der Waals surface area contributed by atoms with E-state index in [-0.39, 0.29) is 5.82 Å². The fraction of sp³-hybridized carbons (Fsp3) is 0.207. The number of nitrogens with two attached hydrogens (primary N) is 1. The molecule has 0 spiro atoms. The SMILES string of the molecule is COc1cc(F)cc(-c2cccc3[nH]c(-c4n[nH]c(=C(C)C)/c4=C\C(=C/N)C4=CCNCC4)cc23)c1. The molecule has 0 aliphatic carbocycles. The highest BCUT2D eigenvalue weighted by Crippen LogP contribution is 2.33. The van der Waals surface area contributed by atoms with Crippen molar-refractivity contribution in [3.63, 3.8) is 0 Å². The van der Waals surface area contributed by atoms with E-state index in [0.29, 0.717) is 5.75 Å². The van der Waals surface area contributed by atoms with E-state index in [1.54, 1.807) is 6.20 Å². The molecule has 5 N–H and O–H groups in total. The van der Waals surface area contributed by atoms with Gasteiger partial charge in [0.15, 0.2) is 0 Å². The number of nitrogens with one attached hydrogen (secondary N) is 3. The molecule has 2 aromatic heterocycles. The van der Waals surface area contributed by atoms with E-state index < -0.39 is 0 Å². The van der Waals surface area contributed by atoms with E-state index in [1.165, 1.54) is 24.8 Å². The van der Waals surface area contributed by atoms with Gasteiger partial charge in [0, 0.05) is 34.9 Å². The number of hydrogen-bond donors (Lipinski definition) is 4. The summed E-state index contributed by atoms with van der Waals surface area (Å²) in [5.41, 5.74) is 13.7. The van der Waals surface area contributed by atoms with Crippen molar-refractivity contribution in [1.29, 1.82) is 0 Å². The molecule has 0 fully saturated rings. The smallest absolute Gasteiger partial charge is 0.127 e. The molecule has 1 aliphatic rings. The zero-order chi connectivity index (χ0) is 25.2. The third-order valence-electron chi connectivity index (χ3n) is 6.56. The van der Waals surface area contributed by atoms with Crippen molar-refractivity contribution in [2.45, 2.75) is 20.3 Å². The Labute approximate surface area is 209 Å². The number of ether oxygens (including phenoxy) is 1. The number of nitrogens with zero attached hydrogens (tertiary/aromatic N) is 1. The molecule has 36 heavy (non-hydrogen) atoms. The van der Waals surface area contributed by atoms with Crippen molar-refractivity contribution in [3.05, 3.63) is 82.3 Å². The number of allylic oxidation sites excluding steroid dienone is 1. The lowest BCUT2D eigenvalue weighted by Crippen LogP contribution is -2.27. The summed E-state index contributed by atoms with van der Waals surface area (Å²) in [4.78, 5) is 3.52. The molecule has 0 unspecified atom stereocenters. The number of hydrogen-bond acceptors (Lipinski definition) is 4.